The molecule has 0 unspecified atom stereocenters. The van der Waals surface area contributed by atoms with Crippen LogP contribution in [0.2, 0.25) is 0 Å². The van der Waals surface area contributed by atoms with Crippen LogP contribution < -0.4 is 10.1 Å². The van der Waals surface area contributed by atoms with Crippen molar-refractivity contribution in [1.82, 2.24) is 5.32 Å². The smallest absolute Gasteiger partial charge is 0.251 e. The summed E-state index contributed by atoms with van der Waals surface area (Å²) < 4.78 is 11.3. The van der Waals surface area contributed by atoms with Gasteiger partial charge in [0.15, 0.2) is 0 Å². The zero-order valence-corrected chi connectivity index (χ0v) is 13.3. The van der Waals surface area contributed by atoms with Gasteiger partial charge in [-0.1, -0.05) is 29.8 Å². The first-order valence-electron chi connectivity index (χ1n) is 7.89. The third kappa shape index (κ3) is 4.11. The second-order valence-electron chi connectivity index (χ2n) is 5.71. The van der Waals surface area contributed by atoms with Crippen molar-refractivity contribution < 1.29 is 14.3 Å². The Kier molecular flexibility index (Phi) is 4.93. The Labute approximate surface area is 136 Å². The van der Waals surface area contributed by atoms with E-state index in [2.05, 4.69) is 18.3 Å². The van der Waals surface area contributed by atoms with Crippen molar-refractivity contribution in [2.45, 2.75) is 13.3 Å². The number of carbonyl (C=O) groups is 1. The first-order chi connectivity index (χ1) is 11.2. The lowest BCUT2D eigenvalue weighted by Gasteiger charge is -2.14. The fraction of sp³-hybridized carbons (Fsp3) is 0.316. The molecule has 0 saturated carbocycles. The molecule has 0 aliphatic carbocycles. The van der Waals surface area contributed by atoms with Crippen molar-refractivity contribution >= 4 is 5.91 Å². The van der Waals surface area contributed by atoms with E-state index in [1.54, 1.807) is 0 Å². The van der Waals surface area contributed by atoms with E-state index in [4.69, 9.17) is 9.47 Å². The van der Waals surface area contributed by atoms with Crippen LogP contribution in [-0.2, 0) is 11.2 Å². The predicted octanol–water partition coefficient (Wildman–Crippen LogP) is 2.72. The molecule has 0 radical (unpaired) electrons. The Morgan fingerprint density at radius 1 is 1.04 bits per heavy atom. The molecule has 2 aromatic carbocycles. The lowest BCUT2D eigenvalue weighted by Crippen LogP contribution is -2.28. The van der Waals surface area contributed by atoms with Gasteiger partial charge in [-0.3, -0.25) is 4.79 Å². The molecule has 0 spiro atoms. The SMILES string of the molecule is Cc1ccc2c(c1)Cc1cccc(c1)C(=O)NCCOCCO2. The lowest BCUT2D eigenvalue weighted by atomic mass is 10.0. The zero-order chi connectivity index (χ0) is 16.1. The molecule has 4 nitrogen and oxygen atoms in total. The summed E-state index contributed by atoms with van der Waals surface area (Å²) in [5.41, 5.74) is 4.09. The monoisotopic (exact) mass is 311 g/mol. The van der Waals surface area contributed by atoms with E-state index in [0.717, 1.165) is 23.3 Å². The lowest BCUT2D eigenvalue weighted by molar-refractivity contribution is 0.0865. The number of nitrogens with one attached hydrogen (secondary N) is 1. The molecular weight excluding hydrogens is 290 g/mol. The Bertz CT molecular complexity index is 697. The summed E-state index contributed by atoms with van der Waals surface area (Å²) in [6.07, 6.45) is 0.735. The fourth-order valence-corrected chi connectivity index (χ4v) is 2.68. The van der Waals surface area contributed by atoms with Crippen LogP contribution in [0, 0.1) is 6.92 Å². The van der Waals surface area contributed by atoms with Gasteiger partial charge in [0.1, 0.15) is 12.4 Å². The van der Waals surface area contributed by atoms with Crippen molar-refractivity contribution in [2.75, 3.05) is 26.4 Å². The molecule has 4 heteroatoms. The van der Waals surface area contributed by atoms with Crippen molar-refractivity contribution in [2.24, 2.45) is 0 Å². The predicted molar refractivity (Wildman–Crippen MR) is 89.1 cm³/mol. The summed E-state index contributed by atoms with van der Waals surface area (Å²) in [5.74, 6) is 0.819. The highest BCUT2D eigenvalue weighted by molar-refractivity contribution is 5.94. The van der Waals surface area contributed by atoms with E-state index in [1.165, 1.54) is 5.56 Å². The Hall–Kier alpha value is -2.33. The standard InChI is InChI=1S/C19H21NO3/c1-14-5-6-18-17(11-14)13-15-3-2-4-16(12-15)19(21)20-7-8-22-9-10-23-18/h2-6,11-12H,7-10,13H2,1H3,(H,20,21). The van der Waals surface area contributed by atoms with Gasteiger partial charge in [0.2, 0.25) is 0 Å². The van der Waals surface area contributed by atoms with Crippen LogP contribution >= 0.6 is 0 Å². The van der Waals surface area contributed by atoms with Crippen molar-refractivity contribution in [3.05, 3.63) is 64.7 Å². The highest BCUT2D eigenvalue weighted by Crippen LogP contribution is 2.23. The normalized spacial score (nSPS) is 15.8. The number of aryl methyl sites for hydroxylation is 1. The van der Waals surface area contributed by atoms with Crippen molar-refractivity contribution in [1.29, 1.82) is 0 Å². The molecule has 0 fully saturated rings. The van der Waals surface area contributed by atoms with Crippen molar-refractivity contribution in [3.63, 3.8) is 0 Å². The molecule has 2 bridgehead atoms. The fourth-order valence-electron chi connectivity index (χ4n) is 2.68. The maximum Gasteiger partial charge on any atom is 0.251 e. The van der Waals surface area contributed by atoms with Gasteiger partial charge in [-0.05, 0) is 36.2 Å². The second-order valence-corrected chi connectivity index (χ2v) is 5.71. The van der Waals surface area contributed by atoms with E-state index in [0.29, 0.717) is 31.9 Å². The zero-order valence-electron chi connectivity index (χ0n) is 13.3. The number of benzene rings is 2. The molecule has 1 heterocycles. The maximum atomic E-state index is 12.2. The van der Waals surface area contributed by atoms with Gasteiger partial charge >= 0.3 is 0 Å². The van der Waals surface area contributed by atoms with Gasteiger partial charge < -0.3 is 14.8 Å². The topological polar surface area (TPSA) is 47.6 Å². The average Bonchev–Trinajstić information content (AvgIpc) is 2.55. The minimum atomic E-state index is -0.0618. The number of rotatable bonds is 0. The summed E-state index contributed by atoms with van der Waals surface area (Å²) in [6.45, 7) is 4.06. The average molecular weight is 311 g/mol. The quantitative estimate of drug-likeness (QED) is 0.814. The number of amides is 1. The summed E-state index contributed by atoms with van der Waals surface area (Å²) in [7, 11) is 0. The highest BCUT2D eigenvalue weighted by atomic mass is 16.5. The summed E-state index contributed by atoms with van der Waals surface area (Å²) >= 11 is 0. The van der Waals surface area contributed by atoms with Crippen LogP contribution in [0.1, 0.15) is 27.0 Å². The van der Waals surface area contributed by atoms with E-state index in [1.807, 2.05) is 36.4 Å². The largest absolute Gasteiger partial charge is 0.491 e. The number of hydrogen-bond donors (Lipinski definition) is 1. The third-order valence-corrected chi connectivity index (χ3v) is 3.82. The van der Waals surface area contributed by atoms with Gasteiger partial charge in [0.25, 0.3) is 5.91 Å². The Balaban J connectivity index is 1.93. The van der Waals surface area contributed by atoms with Crippen LogP contribution in [0.25, 0.3) is 0 Å². The molecule has 1 aliphatic rings. The molecule has 2 aromatic rings. The van der Waals surface area contributed by atoms with Gasteiger partial charge in [-0.25, -0.2) is 0 Å². The number of carbonyl (C=O) groups excluding carboxylic acids is 1. The van der Waals surface area contributed by atoms with Crippen molar-refractivity contribution in [3.8, 4) is 5.75 Å². The van der Waals surface area contributed by atoms with Gasteiger partial charge in [-0.15, -0.1) is 0 Å². The van der Waals surface area contributed by atoms with E-state index in [9.17, 15) is 4.79 Å². The second kappa shape index (κ2) is 7.29. The Morgan fingerprint density at radius 2 is 1.96 bits per heavy atom. The van der Waals surface area contributed by atoms with Crippen LogP contribution in [0.4, 0.5) is 0 Å². The molecule has 23 heavy (non-hydrogen) atoms. The molecule has 0 saturated heterocycles. The first kappa shape index (κ1) is 15.6. The molecule has 3 rings (SSSR count). The van der Waals surface area contributed by atoms with E-state index in [-0.39, 0.29) is 5.91 Å². The molecule has 0 atom stereocenters. The molecular formula is C19H21NO3. The van der Waals surface area contributed by atoms with E-state index >= 15 is 0 Å². The minimum Gasteiger partial charge on any atom is -0.491 e. The van der Waals surface area contributed by atoms with Gasteiger partial charge in [0.05, 0.1) is 13.2 Å². The van der Waals surface area contributed by atoms with Crippen LogP contribution in [0.5, 0.6) is 5.75 Å². The third-order valence-electron chi connectivity index (χ3n) is 3.82. The minimum absolute atomic E-state index is 0.0618. The number of hydrogen-bond acceptors (Lipinski definition) is 3. The van der Waals surface area contributed by atoms with Crippen LogP contribution in [-0.4, -0.2) is 32.3 Å². The van der Waals surface area contributed by atoms with Gasteiger partial charge in [-0.2, -0.15) is 0 Å². The van der Waals surface area contributed by atoms with Gasteiger partial charge in [0, 0.05) is 18.5 Å². The first-order valence-corrected chi connectivity index (χ1v) is 7.89. The summed E-state index contributed by atoms with van der Waals surface area (Å²) in [5, 5.41) is 2.87. The van der Waals surface area contributed by atoms with E-state index < -0.39 is 0 Å². The number of fused-ring (bicyclic) bond motifs is 3. The number of ether oxygens (including phenoxy) is 2. The molecule has 1 N–H and O–H groups in total. The highest BCUT2D eigenvalue weighted by Gasteiger charge is 2.10. The summed E-state index contributed by atoms with van der Waals surface area (Å²) in [6, 6.07) is 13.9. The molecule has 0 aromatic heterocycles. The molecule has 1 amide bonds. The molecule has 120 valence electrons. The molecule has 1 aliphatic heterocycles. The Morgan fingerprint density at radius 3 is 2.87 bits per heavy atom. The summed E-state index contributed by atoms with van der Waals surface area (Å²) in [4.78, 5) is 12.2. The maximum absolute atomic E-state index is 12.2. The van der Waals surface area contributed by atoms with Crippen LogP contribution in [0.15, 0.2) is 42.5 Å². The van der Waals surface area contributed by atoms with Crippen LogP contribution in [0.3, 0.4) is 0 Å².